The summed E-state index contributed by atoms with van der Waals surface area (Å²) in [6, 6.07) is 12.5. The van der Waals surface area contributed by atoms with Crippen LogP contribution in [0.3, 0.4) is 0 Å². The third-order valence-corrected chi connectivity index (χ3v) is 3.24. The molecule has 94 valence electrons. The minimum atomic E-state index is 0.283. The Bertz CT molecular complexity index is 525. The zero-order valence-electron chi connectivity index (χ0n) is 10.7. The SMILES string of the molecule is CNC(Cc1cccc(Cl)c1)c1ccnc(C)c1. The van der Waals surface area contributed by atoms with E-state index in [0.717, 1.165) is 17.1 Å². The Morgan fingerprint density at radius 1 is 1.28 bits per heavy atom. The molecule has 2 rings (SSSR count). The molecule has 0 saturated carbocycles. The molecule has 0 aliphatic heterocycles. The van der Waals surface area contributed by atoms with E-state index in [4.69, 9.17) is 11.6 Å². The first-order valence-electron chi connectivity index (χ1n) is 6.03. The highest BCUT2D eigenvalue weighted by Crippen LogP contribution is 2.20. The molecule has 0 spiro atoms. The molecule has 18 heavy (non-hydrogen) atoms. The van der Waals surface area contributed by atoms with Crippen LogP contribution in [0.25, 0.3) is 0 Å². The number of likely N-dealkylation sites (N-methyl/N-ethyl adjacent to an activating group) is 1. The van der Waals surface area contributed by atoms with E-state index in [1.54, 1.807) is 0 Å². The van der Waals surface area contributed by atoms with Crippen molar-refractivity contribution < 1.29 is 0 Å². The van der Waals surface area contributed by atoms with Gasteiger partial charge in [-0.05, 0) is 55.8 Å². The van der Waals surface area contributed by atoms with Gasteiger partial charge in [0.05, 0.1) is 0 Å². The van der Waals surface area contributed by atoms with Gasteiger partial charge in [0.2, 0.25) is 0 Å². The van der Waals surface area contributed by atoms with E-state index in [2.05, 4.69) is 28.5 Å². The van der Waals surface area contributed by atoms with Crippen LogP contribution in [0.15, 0.2) is 42.6 Å². The monoisotopic (exact) mass is 260 g/mol. The van der Waals surface area contributed by atoms with Crippen LogP contribution in [0, 0.1) is 6.92 Å². The van der Waals surface area contributed by atoms with E-state index in [1.807, 2.05) is 38.4 Å². The molecule has 0 radical (unpaired) electrons. The number of benzene rings is 1. The molecule has 2 nitrogen and oxygen atoms in total. The minimum absolute atomic E-state index is 0.283. The molecule has 1 N–H and O–H groups in total. The van der Waals surface area contributed by atoms with Crippen molar-refractivity contribution in [1.29, 1.82) is 0 Å². The van der Waals surface area contributed by atoms with Crippen LogP contribution in [0.2, 0.25) is 5.02 Å². The molecular weight excluding hydrogens is 244 g/mol. The van der Waals surface area contributed by atoms with Crippen molar-refractivity contribution in [1.82, 2.24) is 10.3 Å². The molecule has 1 unspecified atom stereocenters. The summed E-state index contributed by atoms with van der Waals surface area (Å²) in [4.78, 5) is 4.23. The molecule has 0 aliphatic rings. The fraction of sp³-hybridized carbons (Fsp3) is 0.267. The van der Waals surface area contributed by atoms with Crippen molar-refractivity contribution in [3.8, 4) is 0 Å². The molecule has 0 amide bonds. The Labute approximate surface area is 113 Å². The van der Waals surface area contributed by atoms with Gasteiger partial charge in [0.25, 0.3) is 0 Å². The van der Waals surface area contributed by atoms with Crippen LogP contribution in [-0.2, 0) is 6.42 Å². The van der Waals surface area contributed by atoms with E-state index in [0.29, 0.717) is 0 Å². The second kappa shape index (κ2) is 5.98. The van der Waals surface area contributed by atoms with Gasteiger partial charge in [0.1, 0.15) is 0 Å². The maximum absolute atomic E-state index is 6.01. The zero-order chi connectivity index (χ0) is 13.0. The zero-order valence-corrected chi connectivity index (χ0v) is 11.4. The maximum Gasteiger partial charge on any atom is 0.0408 e. The van der Waals surface area contributed by atoms with E-state index in [-0.39, 0.29) is 6.04 Å². The Morgan fingerprint density at radius 3 is 2.78 bits per heavy atom. The van der Waals surface area contributed by atoms with E-state index >= 15 is 0 Å². The van der Waals surface area contributed by atoms with E-state index in [1.165, 1.54) is 11.1 Å². The van der Waals surface area contributed by atoms with Crippen LogP contribution in [0.1, 0.15) is 22.9 Å². The van der Waals surface area contributed by atoms with Crippen LogP contribution < -0.4 is 5.32 Å². The molecule has 1 aromatic heterocycles. The number of halogens is 1. The highest BCUT2D eigenvalue weighted by molar-refractivity contribution is 6.30. The third kappa shape index (κ3) is 3.31. The number of hydrogen-bond donors (Lipinski definition) is 1. The smallest absolute Gasteiger partial charge is 0.0408 e. The second-order valence-electron chi connectivity index (χ2n) is 4.41. The molecule has 1 heterocycles. The average molecular weight is 261 g/mol. The standard InChI is InChI=1S/C15H17ClN2/c1-11-8-13(6-7-18-11)15(17-2)10-12-4-3-5-14(16)9-12/h3-9,15,17H,10H2,1-2H3. The largest absolute Gasteiger partial charge is 0.313 e. The van der Waals surface area contributed by atoms with E-state index < -0.39 is 0 Å². The summed E-state index contributed by atoms with van der Waals surface area (Å²) in [5.41, 5.74) is 3.53. The number of nitrogens with one attached hydrogen (secondary N) is 1. The molecule has 2 aromatic rings. The van der Waals surface area contributed by atoms with Crippen molar-refractivity contribution in [2.45, 2.75) is 19.4 Å². The molecular formula is C15H17ClN2. The highest BCUT2D eigenvalue weighted by Gasteiger charge is 2.10. The lowest BCUT2D eigenvalue weighted by Crippen LogP contribution is -2.19. The Hall–Kier alpha value is -1.38. The topological polar surface area (TPSA) is 24.9 Å². The Morgan fingerprint density at radius 2 is 2.11 bits per heavy atom. The molecule has 0 fully saturated rings. The third-order valence-electron chi connectivity index (χ3n) is 3.00. The van der Waals surface area contributed by atoms with Crippen molar-refractivity contribution in [3.63, 3.8) is 0 Å². The average Bonchev–Trinajstić information content (AvgIpc) is 2.36. The van der Waals surface area contributed by atoms with Gasteiger partial charge in [-0.3, -0.25) is 4.98 Å². The first-order valence-corrected chi connectivity index (χ1v) is 6.41. The first kappa shape index (κ1) is 13.1. The molecule has 1 aromatic carbocycles. The van der Waals surface area contributed by atoms with Gasteiger partial charge in [-0.1, -0.05) is 23.7 Å². The molecule has 3 heteroatoms. The maximum atomic E-state index is 6.01. The fourth-order valence-electron chi connectivity index (χ4n) is 2.07. The number of pyridine rings is 1. The number of rotatable bonds is 4. The molecule has 0 bridgehead atoms. The number of hydrogen-bond acceptors (Lipinski definition) is 2. The van der Waals surface area contributed by atoms with Gasteiger partial charge in [-0.2, -0.15) is 0 Å². The number of aryl methyl sites for hydroxylation is 1. The first-order chi connectivity index (χ1) is 8.69. The number of nitrogens with zero attached hydrogens (tertiary/aromatic N) is 1. The van der Waals surface area contributed by atoms with E-state index in [9.17, 15) is 0 Å². The Kier molecular flexibility index (Phi) is 4.34. The van der Waals surface area contributed by atoms with Crippen molar-refractivity contribution in [2.24, 2.45) is 0 Å². The predicted octanol–water partition coefficient (Wildman–Crippen LogP) is 3.55. The molecule has 1 atom stereocenters. The molecule has 0 saturated heterocycles. The highest BCUT2D eigenvalue weighted by atomic mass is 35.5. The summed E-state index contributed by atoms with van der Waals surface area (Å²) in [6.45, 7) is 2.01. The van der Waals surface area contributed by atoms with Crippen molar-refractivity contribution in [3.05, 3.63) is 64.4 Å². The summed E-state index contributed by atoms with van der Waals surface area (Å²) in [5.74, 6) is 0. The summed E-state index contributed by atoms with van der Waals surface area (Å²) in [5, 5.41) is 4.13. The quantitative estimate of drug-likeness (QED) is 0.910. The fourth-order valence-corrected chi connectivity index (χ4v) is 2.28. The van der Waals surface area contributed by atoms with Gasteiger partial charge >= 0.3 is 0 Å². The van der Waals surface area contributed by atoms with Gasteiger partial charge in [-0.15, -0.1) is 0 Å². The summed E-state index contributed by atoms with van der Waals surface area (Å²) in [7, 11) is 1.98. The summed E-state index contributed by atoms with van der Waals surface area (Å²) >= 11 is 6.01. The van der Waals surface area contributed by atoms with Gasteiger partial charge < -0.3 is 5.32 Å². The Balaban J connectivity index is 2.19. The summed E-state index contributed by atoms with van der Waals surface area (Å²) in [6.07, 6.45) is 2.77. The van der Waals surface area contributed by atoms with Crippen molar-refractivity contribution >= 4 is 11.6 Å². The number of aromatic nitrogens is 1. The lowest BCUT2D eigenvalue weighted by molar-refractivity contribution is 0.591. The lowest BCUT2D eigenvalue weighted by atomic mass is 9.99. The lowest BCUT2D eigenvalue weighted by Gasteiger charge is -2.17. The summed E-state index contributed by atoms with van der Waals surface area (Å²) < 4.78 is 0. The minimum Gasteiger partial charge on any atom is -0.313 e. The van der Waals surface area contributed by atoms with Crippen LogP contribution >= 0.6 is 11.6 Å². The van der Waals surface area contributed by atoms with Crippen LogP contribution in [-0.4, -0.2) is 12.0 Å². The normalized spacial score (nSPS) is 12.4. The van der Waals surface area contributed by atoms with Crippen molar-refractivity contribution in [2.75, 3.05) is 7.05 Å². The second-order valence-corrected chi connectivity index (χ2v) is 4.84. The van der Waals surface area contributed by atoms with Gasteiger partial charge in [0.15, 0.2) is 0 Å². The van der Waals surface area contributed by atoms with Gasteiger partial charge in [-0.25, -0.2) is 0 Å². The van der Waals surface area contributed by atoms with Crippen LogP contribution in [0.5, 0.6) is 0 Å². The van der Waals surface area contributed by atoms with Gasteiger partial charge in [0, 0.05) is 23.0 Å². The predicted molar refractivity (Wildman–Crippen MR) is 75.9 cm³/mol. The molecule has 0 aliphatic carbocycles. The van der Waals surface area contributed by atoms with Crippen LogP contribution in [0.4, 0.5) is 0 Å².